The normalized spacial score (nSPS) is 13.4. The second-order valence-electron chi connectivity index (χ2n) is 2.66. The molecule has 10 heavy (non-hydrogen) atoms. The molecule has 0 saturated heterocycles. The standard InChI is InChI=1S/C8H13ClO/c1-5(2)8(6(3)9)7(4)10/h5H,1-4H3/b8-6+. The first kappa shape index (κ1) is 9.70. The Morgan fingerprint density at radius 1 is 1.30 bits per heavy atom. The Morgan fingerprint density at radius 3 is 1.70 bits per heavy atom. The molecule has 0 N–H and O–H groups in total. The van der Waals surface area contributed by atoms with Crippen molar-refractivity contribution in [2.24, 2.45) is 5.92 Å². The number of hydrogen-bond donors (Lipinski definition) is 0. The van der Waals surface area contributed by atoms with Crippen molar-refractivity contribution in [2.75, 3.05) is 0 Å². The van der Waals surface area contributed by atoms with Gasteiger partial charge in [-0.2, -0.15) is 0 Å². The van der Waals surface area contributed by atoms with Gasteiger partial charge < -0.3 is 0 Å². The van der Waals surface area contributed by atoms with E-state index in [0.29, 0.717) is 5.03 Å². The fraction of sp³-hybridized carbons (Fsp3) is 0.625. The van der Waals surface area contributed by atoms with E-state index >= 15 is 0 Å². The average Bonchev–Trinajstić information content (AvgIpc) is 1.59. The lowest BCUT2D eigenvalue weighted by Crippen LogP contribution is -2.04. The van der Waals surface area contributed by atoms with Crippen molar-refractivity contribution >= 4 is 17.4 Å². The smallest absolute Gasteiger partial charge is 0.157 e. The monoisotopic (exact) mass is 160 g/mol. The van der Waals surface area contributed by atoms with Gasteiger partial charge in [0.05, 0.1) is 0 Å². The summed E-state index contributed by atoms with van der Waals surface area (Å²) in [5.74, 6) is 0.303. The van der Waals surface area contributed by atoms with Crippen LogP contribution in [0.15, 0.2) is 10.6 Å². The predicted octanol–water partition coefficient (Wildman–Crippen LogP) is 2.74. The highest BCUT2D eigenvalue weighted by Crippen LogP contribution is 2.17. The van der Waals surface area contributed by atoms with Gasteiger partial charge >= 0.3 is 0 Å². The number of ketones is 1. The van der Waals surface area contributed by atoms with Crippen molar-refractivity contribution in [3.63, 3.8) is 0 Å². The molecule has 0 amide bonds. The minimum atomic E-state index is 0.0718. The number of rotatable bonds is 2. The summed E-state index contributed by atoms with van der Waals surface area (Å²) in [6.07, 6.45) is 0. The molecular weight excluding hydrogens is 148 g/mol. The highest BCUT2D eigenvalue weighted by atomic mass is 35.5. The molecule has 0 aliphatic rings. The summed E-state index contributed by atoms with van der Waals surface area (Å²) < 4.78 is 0. The fourth-order valence-electron chi connectivity index (χ4n) is 1.05. The molecular formula is C8H13ClO. The number of carbonyl (C=O) groups excluding carboxylic acids is 1. The van der Waals surface area contributed by atoms with Crippen LogP contribution in [-0.4, -0.2) is 5.78 Å². The van der Waals surface area contributed by atoms with E-state index in [1.165, 1.54) is 0 Å². The summed E-state index contributed by atoms with van der Waals surface area (Å²) in [6, 6.07) is 0. The van der Waals surface area contributed by atoms with Gasteiger partial charge in [-0.1, -0.05) is 25.4 Å². The lowest BCUT2D eigenvalue weighted by atomic mass is 10.00. The zero-order valence-corrected chi connectivity index (χ0v) is 7.62. The number of carbonyl (C=O) groups is 1. The van der Waals surface area contributed by atoms with Crippen LogP contribution in [0, 0.1) is 5.92 Å². The van der Waals surface area contributed by atoms with Crippen LogP contribution in [-0.2, 0) is 4.79 Å². The molecule has 0 atom stereocenters. The van der Waals surface area contributed by atoms with E-state index in [1.807, 2.05) is 13.8 Å². The molecule has 0 aromatic rings. The van der Waals surface area contributed by atoms with Crippen LogP contribution in [0.5, 0.6) is 0 Å². The Bertz CT molecular complexity index is 164. The number of halogens is 1. The second kappa shape index (κ2) is 3.77. The Kier molecular flexibility index (Phi) is 3.66. The Hall–Kier alpha value is -0.300. The molecule has 0 fully saturated rings. The summed E-state index contributed by atoms with van der Waals surface area (Å²) in [4.78, 5) is 10.9. The largest absolute Gasteiger partial charge is 0.295 e. The molecule has 0 spiro atoms. The van der Waals surface area contributed by atoms with Crippen molar-refractivity contribution in [3.05, 3.63) is 10.6 Å². The van der Waals surface area contributed by atoms with Gasteiger partial charge in [-0.3, -0.25) is 4.79 Å². The van der Waals surface area contributed by atoms with Gasteiger partial charge in [0, 0.05) is 10.6 Å². The van der Waals surface area contributed by atoms with Crippen LogP contribution in [0.1, 0.15) is 27.7 Å². The van der Waals surface area contributed by atoms with Gasteiger partial charge in [0.1, 0.15) is 0 Å². The lowest BCUT2D eigenvalue weighted by Gasteiger charge is -2.07. The molecule has 0 aliphatic carbocycles. The zero-order valence-electron chi connectivity index (χ0n) is 6.86. The van der Waals surface area contributed by atoms with E-state index in [9.17, 15) is 4.79 Å². The first-order valence-electron chi connectivity index (χ1n) is 3.34. The SMILES string of the molecule is CC(=O)/C(=C(\C)Cl)C(C)C. The van der Waals surface area contributed by atoms with Crippen molar-refractivity contribution < 1.29 is 4.79 Å². The maximum absolute atomic E-state index is 10.9. The Labute approximate surface area is 67.1 Å². The van der Waals surface area contributed by atoms with E-state index in [0.717, 1.165) is 5.57 Å². The van der Waals surface area contributed by atoms with Crippen LogP contribution >= 0.6 is 11.6 Å². The van der Waals surface area contributed by atoms with Crippen molar-refractivity contribution in [3.8, 4) is 0 Å². The van der Waals surface area contributed by atoms with Gasteiger partial charge in [0.2, 0.25) is 0 Å². The number of allylic oxidation sites excluding steroid dienone is 2. The first-order chi connectivity index (χ1) is 4.46. The number of hydrogen-bond acceptors (Lipinski definition) is 1. The molecule has 0 aromatic heterocycles. The minimum Gasteiger partial charge on any atom is -0.295 e. The highest BCUT2D eigenvalue weighted by molar-refractivity contribution is 6.31. The molecule has 0 aromatic carbocycles. The van der Waals surface area contributed by atoms with Crippen molar-refractivity contribution in [2.45, 2.75) is 27.7 Å². The Morgan fingerprint density at radius 2 is 1.70 bits per heavy atom. The van der Waals surface area contributed by atoms with Gasteiger partial charge in [-0.25, -0.2) is 0 Å². The van der Waals surface area contributed by atoms with Gasteiger partial charge in [-0.15, -0.1) is 0 Å². The van der Waals surface area contributed by atoms with Crippen LogP contribution in [0.3, 0.4) is 0 Å². The summed E-state index contributed by atoms with van der Waals surface area (Å²) in [7, 11) is 0. The van der Waals surface area contributed by atoms with Crippen molar-refractivity contribution in [1.82, 2.24) is 0 Å². The van der Waals surface area contributed by atoms with E-state index in [-0.39, 0.29) is 11.7 Å². The van der Waals surface area contributed by atoms with Gasteiger partial charge in [0.25, 0.3) is 0 Å². The molecule has 0 bridgehead atoms. The Balaban J connectivity index is 4.61. The molecule has 1 nitrogen and oxygen atoms in total. The lowest BCUT2D eigenvalue weighted by molar-refractivity contribution is -0.114. The van der Waals surface area contributed by atoms with E-state index in [2.05, 4.69) is 0 Å². The molecule has 0 heterocycles. The summed E-state index contributed by atoms with van der Waals surface area (Å²) in [6.45, 7) is 7.21. The molecule has 0 saturated carbocycles. The van der Waals surface area contributed by atoms with Crippen LogP contribution < -0.4 is 0 Å². The minimum absolute atomic E-state index is 0.0718. The second-order valence-corrected chi connectivity index (χ2v) is 3.22. The average molecular weight is 161 g/mol. The zero-order chi connectivity index (χ0) is 8.31. The quantitative estimate of drug-likeness (QED) is 0.568. The predicted molar refractivity (Wildman–Crippen MR) is 44.1 cm³/mol. The summed E-state index contributed by atoms with van der Waals surface area (Å²) >= 11 is 5.69. The van der Waals surface area contributed by atoms with Crippen LogP contribution in [0.4, 0.5) is 0 Å². The fourth-order valence-corrected chi connectivity index (χ4v) is 1.40. The molecule has 0 radical (unpaired) electrons. The molecule has 0 rings (SSSR count). The summed E-state index contributed by atoms with van der Waals surface area (Å²) in [5, 5.41) is 0.613. The first-order valence-corrected chi connectivity index (χ1v) is 3.71. The third-order valence-electron chi connectivity index (χ3n) is 1.33. The molecule has 2 heteroatoms. The van der Waals surface area contributed by atoms with Crippen LogP contribution in [0.2, 0.25) is 0 Å². The van der Waals surface area contributed by atoms with E-state index in [4.69, 9.17) is 11.6 Å². The maximum atomic E-state index is 10.9. The number of Topliss-reactive ketones (excluding diaryl/α,β-unsaturated/α-hetero) is 1. The van der Waals surface area contributed by atoms with Crippen LogP contribution in [0.25, 0.3) is 0 Å². The third kappa shape index (κ3) is 2.53. The maximum Gasteiger partial charge on any atom is 0.157 e. The van der Waals surface area contributed by atoms with Gasteiger partial charge in [0.15, 0.2) is 5.78 Å². The highest BCUT2D eigenvalue weighted by Gasteiger charge is 2.10. The third-order valence-corrected chi connectivity index (χ3v) is 1.53. The van der Waals surface area contributed by atoms with Gasteiger partial charge in [-0.05, 0) is 19.8 Å². The van der Waals surface area contributed by atoms with Crippen molar-refractivity contribution in [1.29, 1.82) is 0 Å². The summed E-state index contributed by atoms with van der Waals surface area (Å²) in [5.41, 5.74) is 0.738. The molecule has 58 valence electrons. The molecule has 0 unspecified atom stereocenters. The van der Waals surface area contributed by atoms with E-state index < -0.39 is 0 Å². The molecule has 0 aliphatic heterocycles. The topological polar surface area (TPSA) is 17.1 Å². The van der Waals surface area contributed by atoms with E-state index in [1.54, 1.807) is 13.8 Å².